The van der Waals surface area contributed by atoms with Crippen LogP contribution in [-0.2, 0) is 6.54 Å². The van der Waals surface area contributed by atoms with Crippen LogP contribution in [0.4, 0.5) is 5.69 Å². The van der Waals surface area contributed by atoms with E-state index in [-0.39, 0.29) is 11.6 Å². The second kappa shape index (κ2) is 5.72. The third-order valence-corrected chi connectivity index (χ3v) is 3.14. The lowest BCUT2D eigenvalue weighted by Crippen LogP contribution is -2.12. The van der Waals surface area contributed by atoms with Crippen molar-refractivity contribution in [2.75, 3.05) is 11.9 Å². The van der Waals surface area contributed by atoms with E-state index in [0.29, 0.717) is 13.1 Å². The Morgan fingerprint density at radius 3 is 2.81 bits per heavy atom. The summed E-state index contributed by atoms with van der Waals surface area (Å²) in [4.78, 5) is 12.1. The molecule has 0 atom stereocenters. The molecule has 1 amide bonds. The average molecular weight is 281 g/mol. The molecule has 0 radical (unpaired) electrons. The second-order valence-electron chi connectivity index (χ2n) is 4.67. The molecule has 106 valence electrons. The standard InChI is InChI=1S/C15H15N5O/c16-7-8-20-10-14(18-19-20)15(21)17-13-6-5-11-3-1-2-4-12(11)9-13/h1-6,9-10H,7-8,16H2,(H,17,21). The molecule has 6 heteroatoms. The number of carbonyl (C=O) groups excluding carboxylic acids is 1. The van der Waals surface area contributed by atoms with Crippen LogP contribution in [0.2, 0.25) is 0 Å². The van der Waals surface area contributed by atoms with Gasteiger partial charge in [0.1, 0.15) is 0 Å². The summed E-state index contributed by atoms with van der Waals surface area (Å²) in [6, 6.07) is 13.7. The SMILES string of the molecule is NCCn1cc(C(=O)Nc2ccc3ccccc3c2)nn1. The molecule has 3 rings (SSSR count). The fraction of sp³-hybridized carbons (Fsp3) is 0.133. The van der Waals surface area contributed by atoms with Gasteiger partial charge < -0.3 is 11.1 Å². The summed E-state index contributed by atoms with van der Waals surface area (Å²) < 4.78 is 1.55. The maximum Gasteiger partial charge on any atom is 0.277 e. The van der Waals surface area contributed by atoms with Gasteiger partial charge in [0, 0.05) is 12.2 Å². The predicted octanol–water partition coefficient (Wildman–Crippen LogP) is 1.64. The van der Waals surface area contributed by atoms with Crippen molar-refractivity contribution < 1.29 is 4.79 Å². The average Bonchev–Trinajstić information content (AvgIpc) is 2.96. The van der Waals surface area contributed by atoms with Gasteiger partial charge in [-0.1, -0.05) is 35.5 Å². The lowest BCUT2D eigenvalue weighted by molar-refractivity contribution is 0.102. The predicted molar refractivity (Wildman–Crippen MR) is 81.0 cm³/mol. The topological polar surface area (TPSA) is 85.8 Å². The monoisotopic (exact) mass is 281 g/mol. The molecular formula is C15H15N5O. The number of fused-ring (bicyclic) bond motifs is 1. The number of rotatable bonds is 4. The molecule has 0 saturated carbocycles. The van der Waals surface area contributed by atoms with Gasteiger partial charge >= 0.3 is 0 Å². The van der Waals surface area contributed by atoms with Crippen molar-refractivity contribution in [3.05, 3.63) is 54.4 Å². The van der Waals surface area contributed by atoms with Gasteiger partial charge in [-0.25, -0.2) is 0 Å². The van der Waals surface area contributed by atoms with Crippen molar-refractivity contribution in [3.63, 3.8) is 0 Å². The highest BCUT2D eigenvalue weighted by atomic mass is 16.2. The van der Waals surface area contributed by atoms with Crippen molar-refractivity contribution in [1.82, 2.24) is 15.0 Å². The summed E-state index contributed by atoms with van der Waals surface area (Å²) in [5.74, 6) is -0.284. The van der Waals surface area contributed by atoms with Crippen LogP contribution in [0, 0.1) is 0 Å². The lowest BCUT2D eigenvalue weighted by Gasteiger charge is -2.04. The lowest BCUT2D eigenvalue weighted by atomic mass is 10.1. The minimum atomic E-state index is -0.284. The Balaban J connectivity index is 1.78. The van der Waals surface area contributed by atoms with E-state index in [1.54, 1.807) is 10.9 Å². The van der Waals surface area contributed by atoms with Gasteiger partial charge in [-0.15, -0.1) is 5.10 Å². The zero-order valence-electron chi connectivity index (χ0n) is 11.4. The molecule has 6 nitrogen and oxygen atoms in total. The second-order valence-corrected chi connectivity index (χ2v) is 4.67. The number of amides is 1. The molecule has 0 unspecified atom stereocenters. The highest BCUT2D eigenvalue weighted by molar-refractivity contribution is 6.03. The minimum absolute atomic E-state index is 0.275. The van der Waals surface area contributed by atoms with Crippen molar-refractivity contribution in [3.8, 4) is 0 Å². The first-order chi connectivity index (χ1) is 10.3. The van der Waals surface area contributed by atoms with E-state index in [1.165, 1.54) is 0 Å². The third-order valence-electron chi connectivity index (χ3n) is 3.14. The van der Waals surface area contributed by atoms with Gasteiger partial charge in [-0.2, -0.15) is 0 Å². The molecule has 0 aliphatic rings. The maximum atomic E-state index is 12.1. The number of hydrogen-bond acceptors (Lipinski definition) is 4. The Kier molecular flexibility index (Phi) is 3.61. The molecule has 0 saturated heterocycles. The molecule has 1 heterocycles. The molecule has 1 aromatic heterocycles. The Morgan fingerprint density at radius 2 is 2.00 bits per heavy atom. The van der Waals surface area contributed by atoms with Crippen molar-refractivity contribution in [2.24, 2.45) is 5.73 Å². The number of aromatic nitrogens is 3. The van der Waals surface area contributed by atoms with Crippen molar-refractivity contribution in [2.45, 2.75) is 6.54 Å². The van der Waals surface area contributed by atoms with E-state index in [2.05, 4.69) is 15.6 Å². The first-order valence-electron chi connectivity index (χ1n) is 6.66. The molecule has 0 bridgehead atoms. The zero-order valence-corrected chi connectivity index (χ0v) is 11.4. The molecule has 0 aliphatic heterocycles. The van der Waals surface area contributed by atoms with Gasteiger partial charge in [-0.3, -0.25) is 9.48 Å². The molecule has 0 spiro atoms. The van der Waals surface area contributed by atoms with Gasteiger partial charge in [0.15, 0.2) is 5.69 Å². The first-order valence-corrected chi connectivity index (χ1v) is 6.66. The molecular weight excluding hydrogens is 266 g/mol. The quantitative estimate of drug-likeness (QED) is 0.761. The van der Waals surface area contributed by atoms with E-state index in [0.717, 1.165) is 16.5 Å². The van der Waals surface area contributed by atoms with Gasteiger partial charge in [0.25, 0.3) is 5.91 Å². The number of nitrogens with two attached hydrogens (primary N) is 1. The van der Waals surface area contributed by atoms with E-state index < -0.39 is 0 Å². The van der Waals surface area contributed by atoms with Crippen LogP contribution in [-0.4, -0.2) is 27.4 Å². The fourth-order valence-electron chi connectivity index (χ4n) is 2.11. The van der Waals surface area contributed by atoms with E-state index >= 15 is 0 Å². The molecule has 3 N–H and O–H groups in total. The molecule has 2 aromatic carbocycles. The number of hydrogen-bond donors (Lipinski definition) is 2. The molecule has 3 aromatic rings. The van der Waals surface area contributed by atoms with Crippen molar-refractivity contribution in [1.29, 1.82) is 0 Å². The van der Waals surface area contributed by atoms with Crippen LogP contribution in [0.15, 0.2) is 48.7 Å². The zero-order chi connectivity index (χ0) is 14.7. The Bertz CT molecular complexity index is 780. The number of anilines is 1. The number of nitrogens with one attached hydrogen (secondary N) is 1. The van der Waals surface area contributed by atoms with Gasteiger partial charge in [-0.05, 0) is 22.9 Å². The van der Waals surface area contributed by atoms with E-state index in [1.807, 2.05) is 42.5 Å². The summed E-state index contributed by atoms with van der Waals surface area (Å²) in [6.45, 7) is 0.991. The molecule has 21 heavy (non-hydrogen) atoms. The number of carbonyl (C=O) groups is 1. The maximum absolute atomic E-state index is 12.1. The Morgan fingerprint density at radius 1 is 1.19 bits per heavy atom. The van der Waals surface area contributed by atoms with Crippen molar-refractivity contribution >= 4 is 22.4 Å². The summed E-state index contributed by atoms with van der Waals surface area (Å²) >= 11 is 0. The fourth-order valence-corrected chi connectivity index (χ4v) is 2.11. The summed E-state index contributed by atoms with van der Waals surface area (Å²) in [7, 11) is 0. The Hall–Kier alpha value is -2.73. The van der Waals surface area contributed by atoms with Crippen LogP contribution < -0.4 is 11.1 Å². The Labute approximate surface area is 121 Å². The van der Waals surface area contributed by atoms with Crippen LogP contribution in [0.3, 0.4) is 0 Å². The highest BCUT2D eigenvalue weighted by Crippen LogP contribution is 2.19. The highest BCUT2D eigenvalue weighted by Gasteiger charge is 2.11. The van der Waals surface area contributed by atoms with Crippen LogP contribution in [0.1, 0.15) is 10.5 Å². The summed E-state index contributed by atoms with van der Waals surface area (Å²) in [5.41, 5.74) is 6.44. The largest absolute Gasteiger partial charge is 0.329 e. The molecule has 0 aliphatic carbocycles. The third kappa shape index (κ3) is 2.90. The van der Waals surface area contributed by atoms with E-state index in [9.17, 15) is 4.79 Å². The summed E-state index contributed by atoms with van der Waals surface area (Å²) in [5, 5.41) is 12.7. The van der Waals surface area contributed by atoms with Crippen LogP contribution in [0.5, 0.6) is 0 Å². The first kappa shape index (κ1) is 13.3. The number of nitrogens with zero attached hydrogens (tertiary/aromatic N) is 3. The summed E-state index contributed by atoms with van der Waals surface area (Å²) in [6.07, 6.45) is 1.59. The van der Waals surface area contributed by atoms with Crippen LogP contribution >= 0.6 is 0 Å². The van der Waals surface area contributed by atoms with Gasteiger partial charge in [0.2, 0.25) is 0 Å². The number of benzene rings is 2. The van der Waals surface area contributed by atoms with Crippen LogP contribution in [0.25, 0.3) is 10.8 Å². The smallest absolute Gasteiger partial charge is 0.277 e. The van der Waals surface area contributed by atoms with E-state index in [4.69, 9.17) is 5.73 Å². The molecule has 0 fully saturated rings. The van der Waals surface area contributed by atoms with Gasteiger partial charge in [0.05, 0.1) is 12.7 Å². The minimum Gasteiger partial charge on any atom is -0.329 e. The normalized spacial score (nSPS) is 10.7.